The smallest absolute Gasteiger partial charge is 0.107 e. The standard InChI is InChI=1S/C21H29NO3/c1-16-11-17(5-4-10-23-2)13-18(12-16)22-8-6-19(7-9-22)25-21-14-20(15-21)24-3/h11-13,19-21H,6-10,14-15H2,1-3H3. The van der Waals surface area contributed by atoms with E-state index in [0.29, 0.717) is 24.9 Å². The first-order valence-corrected chi connectivity index (χ1v) is 9.20. The second kappa shape index (κ2) is 8.71. The molecule has 0 spiro atoms. The molecule has 1 saturated carbocycles. The summed E-state index contributed by atoms with van der Waals surface area (Å²) in [6.07, 6.45) is 5.50. The molecule has 0 radical (unpaired) electrons. The van der Waals surface area contributed by atoms with E-state index in [-0.39, 0.29) is 0 Å². The summed E-state index contributed by atoms with van der Waals surface area (Å²) in [5, 5.41) is 0. The van der Waals surface area contributed by atoms with Gasteiger partial charge in [0, 0.05) is 38.6 Å². The molecular formula is C21H29NO3. The number of hydrogen-bond donors (Lipinski definition) is 0. The number of ether oxygens (including phenoxy) is 3. The van der Waals surface area contributed by atoms with Gasteiger partial charge in [0.15, 0.2) is 0 Å². The molecule has 4 nitrogen and oxygen atoms in total. The molecule has 2 aliphatic rings. The lowest BCUT2D eigenvalue weighted by Crippen LogP contribution is -2.43. The van der Waals surface area contributed by atoms with Crippen molar-refractivity contribution in [3.05, 3.63) is 29.3 Å². The zero-order valence-corrected chi connectivity index (χ0v) is 15.6. The molecule has 3 rings (SSSR count). The minimum Gasteiger partial charge on any atom is -0.381 e. The Morgan fingerprint density at radius 2 is 1.80 bits per heavy atom. The van der Waals surface area contributed by atoms with E-state index >= 15 is 0 Å². The first-order chi connectivity index (χ1) is 12.2. The lowest BCUT2D eigenvalue weighted by molar-refractivity contribution is -0.119. The molecule has 0 atom stereocenters. The van der Waals surface area contributed by atoms with E-state index in [4.69, 9.17) is 14.2 Å². The van der Waals surface area contributed by atoms with Crippen LogP contribution in [0.15, 0.2) is 18.2 Å². The number of aryl methyl sites for hydroxylation is 1. The molecule has 0 N–H and O–H groups in total. The zero-order chi connectivity index (χ0) is 17.6. The number of nitrogens with zero attached hydrogens (tertiary/aromatic N) is 1. The van der Waals surface area contributed by atoms with Crippen LogP contribution in [0.5, 0.6) is 0 Å². The van der Waals surface area contributed by atoms with E-state index in [2.05, 4.69) is 41.9 Å². The zero-order valence-electron chi connectivity index (χ0n) is 15.6. The van der Waals surface area contributed by atoms with E-state index in [1.807, 2.05) is 0 Å². The third-order valence-electron chi connectivity index (χ3n) is 5.09. The van der Waals surface area contributed by atoms with Crippen LogP contribution in [0.2, 0.25) is 0 Å². The summed E-state index contributed by atoms with van der Waals surface area (Å²) in [6, 6.07) is 6.56. The summed E-state index contributed by atoms with van der Waals surface area (Å²) in [4.78, 5) is 2.45. The Morgan fingerprint density at radius 1 is 1.04 bits per heavy atom. The molecule has 1 saturated heterocycles. The molecule has 2 fully saturated rings. The quantitative estimate of drug-likeness (QED) is 0.769. The first-order valence-electron chi connectivity index (χ1n) is 9.20. The summed E-state index contributed by atoms with van der Waals surface area (Å²) in [5.41, 5.74) is 3.58. The molecule has 1 aliphatic heterocycles. The van der Waals surface area contributed by atoms with Crippen molar-refractivity contribution in [1.82, 2.24) is 0 Å². The van der Waals surface area contributed by atoms with Crippen LogP contribution in [0.3, 0.4) is 0 Å². The summed E-state index contributed by atoms with van der Waals surface area (Å²) in [5.74, 6) is 6.22. The van der Waals surface area contributed by atoms with Crippen molar-refractivity contribution in [1.29, 1.82) is 0 Å². The number of anilines is 1. The average Bonchev–Trinajstić information content (AvgIpc) is 2.58. The fourth-order valence-corrected chi connectivity index (χ4v) is 3.57. The molecule has 25 heavy (non-hydrogen) atoms. The molecule has 4 heteroatoms. The van der Waals surface area contributed by atoms with Gasteiger partial charge in [-0.2, -0.15) is 0 Å². The lowest BCUT2D eigenvalue weighted by Gasteiger charge is -2.40. The molecular weight excluding hydrogens is 314 g/mol. The maximum atomic E-state index is 6.21. The van der Waals surface area contributed by atoms with Gasteiger partial charge in [-0.15, -0.1) is 0 Å². The number of piperidine rings is 1. The molecule has 1 aromatic rings. The fourth-order valence-electron chi connectivity index (χ4n) is 3.57. The number of methoxy groups -OCH3 is 2. The summed E-state index contributed by atoms with van der Waals surface area (Å²) in [6.45, 7) is 4.68. The van der Waals surface area contributed by atoms with Crippen LogP contribution in [0.4, 0.5) is 5.69 Å². The highest BCUT2D eigenvalue weighted by Crippen LogP contribution is 2.30. The Labute approximate surface area is 151 Å². The van der Waals surface area contributed by atoms with Gasteiger partial charge in [-0.3, -0.25) is 0 Å². The number of hydrogen-bond acceptors (Lipinski definition) is 4. The SMILES string of the molecule is COCC#Cc1cc(C)cc(N2CCC(OC3CC(OC)C3)CC2)c1. The predicted molar refractivity (Wildman–Crippen MR) is 100 cm³/mol. The maximum Gasteiger partial charge on any atom is 0.107 e. The second-order valence-electron chi connectivity index (χ2n) is 7.07. The van der Waals surface area contributed by atoms with Crippen LogP contribution in [0.25, 0.3) is 0 Å². The van der Waals surface area contributed by atoms with Gasteiger partial charge in [-0.25, -0.2) is 0 Å². The molecule has 0 aromatic heterocycles. The van der Waals surface area contributed by atoms with Crippen molar-refractivity contribution < 1.29 is 14.2 Å². The van der Waals surface area contributed by atoms with Crippen LogP contribution in [-0.2, 0) is 14.2 Å². The first kappa shape index (κ1) is 18.3. The fraction of sp³-hybridized carbons (Fsp3) is 0.619. The van der Waals surface area contributed by atoms with Gasteiger partial charge in [0.1, 0.15) is 6.61 Å². The largest absolute Gasteiger partial charge is 0.381 e. The summed E-state index contributed by atoms with van der Waals surface area (Å²) >= 11 is 0. The molecule has 1 aromatic carbocycles. The van der Waals surface area contributed by atoms with E-state index in [1.165, 1.54) is 11.3 Å². The van der Waals surface area contributed by atoms with Crippen LogP contribution >= 0.6 is 0 Å². The van der Waals surface area contributed by atoms with E-state index in [0.717, 1.165) is 44.3 Å². The Kier molecular flexibility index (Phi) is 6.36. The highest BCUT2D eigenvalue weighted by molar-refractivity contribution is 5.55. The molecule has 0 unspecified atom stereocenters. The third-order valence-corrected chi connectivity index (χ3v) is 5.09. The lowest BCUT2D eigenvalue weighted by atomic mass is 9.91. The van der Waals surface area contributed by atoms with Crippen molar-refractivity contribution in [3.63, 3.8) is 0 Å². The van der Waals surface area contributed by atoms with Gasteiger partial charge < -0.3 is 19.1 Å². The number of benzene rings is 1. The van der Waals surface area contributed by atoms with Gasteiger partial charge in [-0.05, 0) is 56.4 Å². The Balaban J connectivity index is 1.53. The van der Waals surface area contributed by atoms with Crippen LogP contribution in [-0.4, -0.2) is 52.2 Å². The van der Waals surface area contributed by atoms with Crippen molar-refractivity contribution in [2.24, 2.45) is 0 Å². The minimum absolute atomic E-state index is 0.393. The summed E-state index contributed by atoms with van der Waals surface area (Å²) in [7, 11) is 3.46. The second-order valence-corrected chi connectivity index (χ2v) is 7.07. The van der Waals surface area contributed by atoms with Gasteiger partial charge in [0.05, 0.1) is 18.3 Å². The molecule has 136 valence electrons. The Bertz CT molecular complexity index is 620. The minimum atomic E-state index is 0.393. The monoisotopic (exact) mass is 343 g/mol. The van der Waals surface area contributed by atoms with Gasteiger partial charge in [0.25, 0.3) is 0 Å². The molecule has 0 amide bonds. The van der Waals surface area contributed by atoms with Gasteiger partial charge >= 0.3 is 0 Å². The maximum absolute atomic E-state index is 6.21. The normalized spacial score (nSPS) is 23.7. The highest BCUT2D eigenvalue weighted by Gasteiger charge is 2.32. The average molecular weight is 343 g/mol. The van der Waals surface area contributed by atoms with Crippen molar-refractivity contribution in [3.8, 4) is 11.8 Å². The van der Waals surface area contributed by atoms with E-state index < -0.39 is 0 Å². The molecule has 0 bridgehead atoms. The van der Waals surface area contributed by atoms with E-state index in [1.54, 1.807) is 14.2 Å². The molecule has 1 heterocycles. The van der Waals surface area contributed by atoms with Gasteiger partial charge in [0.2, 0.25) is 0 Å². The Morgan fingerprint density at radius 3 is 2.48 bits per heavy atom. The number of rotatable bonds is 5. The Hall–Kier alpha value is -1.54. The van der Waals surface area contributed by atoms with Crippen LogP contribution < -0.4 is 4.90 Å². The summed E-state index contributed by atoms with van der Waals surface area (Å²) < 4.78 is 16.6. The van der Waals surface area contributed by atoms with Crippen molar-refractivity contribution >= 4 is 5.69 Å². The predicted octanol–water partition coefficient (Wildman–Crippen LogP) is 3.16. The van der Waals surface area contributed by atoms with Crippen molar-refractivity contribution in [2.45, 2.75) is 50.9 Å². The molecule has 1 aliphatic carbocycles. The van der Waals surface area contributed by atoms with Crippen LogP contribution in [0, 0.1) is 18.8 Å². The highest BCUT2D eigenvalue weighted by atomic mass is 16.5. The van der Waals surface area contributed by atoms with Gasteiger partial charge in [-0.1, -0.05) is 11.8 Å². The van der Waals surface area contributed by atoms with Crippen LogP contribution in [0.1, 0.15) is 36.8 Å². The van der Waals surface area contributed by atoms with E-state index in [9.17, 15) is 0 Å². The topological polar surface area (TPSA) is 30.9 Å². The third kappa shape index (κ3) is 4.98. The van der Waals surface area contributed by atoms with Crippen molar-refractivity contribution in [2.75, 3.05) is 38.8 Å².